The Kier molecular flexibility index (Phi) is 2.12. The Morgan fingerprint density at radius 3 is 2.43 bits per heavy atom. The van der Waals surface area contributed by atoms with Crippen LogP contribution < -0.4 is 0 Å². The zero-order valence-electron chi connectivity index (χ0n) is 8.78. The van der Waals surface area contributed by atoms with Gasteiger partial charge in [0.1, 0.15) is 0 Å². The summed E-state index contributed by atoms with van der Waals surface area (Å²) in [6, 6.07) is 10.4. The van der Waals surface area contributed by atoms with E-state index in [0.29, 0.717) is 0 Å². The topological polar surface area (TPSA) is 17.8 Å². The lowest BCUT2D eigenvalue weighted by molar-refractivity contribution is 0.742. The molecule has 1 heterocycles. The molecule has 2 heteroatoms. The minimum absolute atomic E-state index is 1.06. The highest BCUT2D eigenvalue weighted by molar-refractivity contribution is 5.63. The van der Waals surface area contributed by atoms with E-state index >= 15 is 0 Å². The van der Waals surface area contributed by atoms with Crippen LogP contribution in [0.5, 0.6) is 0 Å². The number of aromatic nitrogens is 2. The summed E-state index contributed by atoms with van der Waals surface area (Å²) in [7, 11) is 1.97. The first-order valence-corrected chi connectivity index (χ1v) is 4.75. The zero-order valence-corrected chi connectivity index (χ0v) is 8.78. The Morgan fingerprint density at radius 1 is 1.14 bits per heavy atom. The van der Waals surface area contributed by atoms with Gasteiger partial charge in [-0.25, -0.2) is 0 Å². The quantitative estimate of drug-likeness (QED) is 0.669. The summed E-state index contributed by atoms with van der Waals surface area (Å²) >= 11 is 0. The number of rotatable bonds is 1. The second-order valence-corrected chi connectivity index (χ2v) is 3.61. The lowest BCUT2D eigenvalue weighted by Crippen LogP contribution is -1.92. The second-order valence-electron chi connectivity index (χ2n) is 3.61. The van der Waals surface area contributed by atoms with Crippen molar-refractivity contribution in [2.24, 2.45) is 7.05 Å². The van der Waals surface area contributed by atoms with Crippen molar-refractivity contribution < 1.29 is 0 Å². The predicted molar refractivity (Wildman–Crippen MR) is 58.1 cm³/mol. The largest absolute Gasteiger partial charge is 0.272 e. The van der Waals surface area contributed by atoms with E-state index in [2.05, 4.69) is 43.2 Å². The molecule has 0 amide bonds. The van der Waals surface area contributed by atoms with Crippen molar-refractivity contribution in [2.75, 3.05) is 0 Å². The van der Waals surface area contributed by atoms with E-state index in [-0.39, 0.29) is 0 Å². The molecule has 0 spiro atoms. The summed E-state index contributed by atoms with van der Waals surface area (Å²) in [6.07, 6.45) is 0. The third-order valence-electron chi connectivity index (χ3n) is 2.53. The van der Waals surface area contributed by atoms with Gasteiger partial charge in [-0.3, -0.25) is 4.68 Å². The molecule has 14 heavy (non-hydrogen) atoms. The van der Waals surface area contributed by atoms with Gasteiger partial charge < -0.3 is 0 Å². The molecule has 0 aliphatic rings. The Labute approximate surface area is 84.2 Å². The van der Waals surface area contributed by atoms with E-state index in [1.807, 2.05) is 17.8 Å². The molecule has 0 N–H and O–H groups in total. The first kappa shape index (κ1) is 9.00. The highest BCUT2D eigenvalue weighted by Gasteiger charge is 2.05. The van der Waals surface area contributed by atoms with Crippen molar-refractivity contribution in [3.8, 4) is 11.3 Å². The average Bonchev–Trinajstić information content (AvgIpc) is 2.48. The molecule has 1 aromatic carbocycles. The fraction of sp³-hybridized carbons (Fsp3) is 0.250. The van der Waals surface area contributed by atoms with Crippen molar-refractivity contribution in [3.63, 3.8) is 0 Å². The standard InChI is InChI=1S/C12H14N2/c1-9-6-4-5-7-11(9)12-8-10(2)14(3)13-12/h4-8H,1-3H3. The SMILES string of the molecule is Cc1ccccc1-c1cc(C)n(C)n1. The third-order valence-corrected chi connectivity index (χ3v) is 2.53. The lowest BCUT2D eigenvalue weighted by atomic mass is 10.1. The summed E-state index contributed by atoms with van der Waals surface area (Å²) in [6.45, 7) is 4.17. The maximum absolute atomic E-state index is 4.46. The van der Waals surface area contributed by atoms with E-state index in [9.17, 15) is 0 Å². The second kappa shape index (κ2) is 3.29. The van der Waals surface area contributed by atoms with Crippen LogP contribution in [0.1, 0.15) is 11.3 Å². The van der Waals surface area contributed by atoms with Gasteiger partial charge in [-0.15, -0.1) is 0 Å². The molecule has 0 saturated heterocycles. The number of hydrogen-bond donors (Lipinski definition) is 0. The van der Waals surface area contributed by atoms with Crippen LogP contribution in [0.2, 0.25) is 0 Å². The van der Waals surface area contributed by atoms with Crippen LogP contribution in [0, 0.1) is 13.8 Å². The number of hydrogen-bond acceptors (Lipinski definition) is 1. The van der Waals surface area contributed by atoms with Gasteiger partial charge in [-0.2, -0.15) is 5.10 Å². The minimum Gasteiger partial charge on any atom is -0.272 e. The molecule has 0 unspecified atom stereocenters. The molecule has 0 saturated carbocycles. The predicted octanol–water partition coefficient (Wildman–Crippen LogP) is 2.70. The van der Waals surface area contributed by atoms with E-state index < -0.39 is 0 Å². The van der Waals surface area contributed by atoms with Crippen LogP contribution in [0.3, 0.4) is 0 Å². The van der Waals surface area contributed by atoms with Gasteiger partial charge in [0.25, 0.3) is 0 Å². The van der Waals surface area contributed by atoms with Gasteiger partial charge in [0.2, 0.25) is 0 Å². The summed E-state index contributed by atoms with van der Waals surface area (Å²) in [5.74, 6) is 0. The smallest absolute Gasteiger partial charge is 0.0928 e. The summed E-state index contributed by atoms with van der Waals surface area (Å²) < 4.78 is 1.90. The maximum atomic E-state index is 4.46. The molecule has 2 rings (SSSR count). The fourth-order valence-electron chi connectivity index (χ4n) is 1.55. The van der Waals surface area contributed by atoms with E-state index in [0.717, 1.165) is 5.69 Å². The average molecular weight is 186 g/mol. The molecule has 2 aromatic rings. The van der Waals surface area contributed by atoms with Crippen LogP contribution in [0.4, 0.5) is 0 Å². The molecule has 0 bridgehead atoms. The van der Waals surface area contributed by atoms with E-state index in [1.54, 1.807) is 0 Å². The highest BCUT2D eigenvalue weighted by Crippen LogP contribution is 2.21. The zero-order chi connectivity index (χ0) is 10.1. The van der Waals surface area contributed by atoms with Crippen LogP contribution in [-0.4, -0.2) is 9.78 Å². The summed E-state index contributed by atoms with van der Waals surface area (Å²) in [5.41, 5.74) is 4.73. The number of nitrogens with zero attached hydrogens (tertiary/aromatic N) is 2. The van der Waals surface area contributed by atoms with Crippen molar-refractivity contribution in [1.82, 2.24) is 9.78 Å². The first-order valence-electron chi connectivity index (χ1n) is 4.75. The Bertz CT molecular complexity index is 436. The van der Waals surface area contributed by atoms with Crippen molar-refractivity contribution in [1.29, 1.82) is 0 Å². The van der Waals surface area contributed by atoms with Crippen molar-refractivity contribution >= 4 is 0 Å². The summed E-state index contributed by atoms with van der Waals surface area (Å²) in [4.78, 5) is 0. The molecule has 0 radical (unpaired) electrons. The van der Waals surface area contributed by atoms with E-state index in [4.69, 9.17) is 0 Å². The van der Waals surface area contributed by atoms with Gasteiger partial charge in [-0.1, -0.05) is 24.3 Å². The normalized spacial score (nSPS) is 10.5. The Hall–Kier alpha value is -1.57. The van der Waals surface area contributed by atoms with Gasteiger partial charge in [0.05, 0.1) is 5.69 Å². The molecule has 2 nitrogen and oxygen atoms in total. The van der Waals surface area contributed by atoms with Gasteiger partial charge in [0.15, 0.2) is 0 Å². The Morgan fingerprint density at radius 2 is 1.86 bits per heavy atom. The molecular weight excluding hydrogens is 172 g/mol. The molecule has 0 atom stereocenters. The number of benzene rings is 1. The molecule has 1 aromatic heterocycles. The van der Waals surface area contributed by atoms with E-state index in [1.165, 1.54) is 16.8 Å². The monoisotopic (exact) mass is 186 g/mol. The molecule has 0 fully saturated rings. The molecule has 0 aliphatic carbocycles. The first-order chi connectivity index (χ1) is 6.68. The molecule has 72 valence electrons. The fourth-order valence-corrected chi connectivity index (χ4v) is 1.55. The minimum atomic E-state index is 1.06. The third kappa shape index (κ3) is 1.43. The Balaban J connectivity index is 2.55. The van der Waals surface area contributed by atoms with Crippen LogP contribution in [0.25, 0.3) is 11.3 Å². The maximum Gasteiger partial charge on any atom is 0.0928 e. The van der Waals surface area contributed by atoms with Gasteiger partial charge >= 0.3 is 0 Å². The van der Waals surface area contributed by atoms with Crippen LogP contribution >= 0.6 is 0 Å². The van der Waals surface area contributed by atoms with Gasteiger partial charge in [0, 0.05) is 18.3 Å². The van der Waals surface area contributed by atoms with Crippen molar-refractivity contribution in [3.05, 3.63) is 41.6 Å². The summed E-state index contributed by atoms with van der Waals surface area (Å²) in [5, 5.41) is 4.46. The molecular formula is C12H14N2. The van der Waals surface area contributed by atoms with Crippen LogP contribution in [-0.2, 0) is 7.05 Å². The lowest BCUT2D eigenvalue weighted by Gasteiger charge is -2.00. The van der Waals surface area contributed by atoms with Crippen molar-refractivity contribution in [2.45, 2.75) is 13.8 Å². The molecule has 0 aliphatic heterocycles. The van der Waals surface area contributed by atoms with Gasteiger partial charge in [-0.05, 0) is 25.5 Å². The van der Waals surface area contributed by atoms with Crippen LogP contribution in [0.15, 0.2) is 30.3 Å². The highest BCUT2D eigenvalue weighted by atomic mass is 15.3. The number of aryl methyl sites for hydroxylation is 3.